The van der Waals surface area contributed by atoms with Crippen LogP contribution in [0.1, 0.15) is 38.2 Å². The maximum absolute atomic E-state index is 4.40. The third-order valence-corrected chi connectivity index (χ3v) is 1.72. The fraction of sp³-hybridized carbons (Fsp3) is 0.455. The van der Waals surface area contributed by atoms with E-state index in [9.17, 15) is 0 Å². The number of allylic oxidation sites excluding steroid dienone is 1. The Hall–Kier alpha value is -1.18. The second kappa shape index (κ2) is 5.46. The van der Waals surface area contributed by atoms with E-state index in [4.69, 9.17) is 0 Å². The zero-order chi connectivity index (χ0) is 9.52. The van der Waals surface area contributed by atoms with Crippen LogP contribution in [0.2, 0.25) is 0 Å². The highest BCUT2D eigenvalue weighted by atomic mass is 14.9. The van der Waals surface area contributed by atoms with E-state index in [1.54, 1.807) is 0 Å². The topological polar surface area (TPSA) is 25.8 Å². The monoisotopic (exact) mass is 176 g/mol. The minimum absolute atomic E-state index is 0.945. The van der Waals surface area contributed by atoms with Crippen molar-refractivity contribution in [1.82, 2.24) is 9.97 Å². The molecule has 0 N–H and O–H groups in total. The number of aromatic nitrogens is 2. The van der Waals surface area contributed by atoms with Crippen LogP contribution in [0.15, 0.2) is 18.3 Å². The molecule has 1 heterocycles. The zero-order valence-corrected chi connectivity index (χ0v) is 8.33. The summed E-state index contributed by atoms with van der Waals surface area (Å²) in [5.41, 5.74) is 1.01. The van der Waals surface area contributed by atoms with Gasteiger partial charge >= 0.3 is 0 Å². The van der Waals surface area contributed by atoms with Crippen molar-refractivity contribution >= 4 is 6.08 Å². The van der Waals surface area contributed by atoms with Gasteiger partial charge in [0.25, 0.3) is 0 Å². The van der Waals surface area contributed by atoms with E-state index in [0.717, 1.165) is 30.8 Å². The lowest BCUT2D eigenvalue weighted by Gasteiger charge is -1.97. The molecule has 0 aliphatic heterocycles. The molecule has 0 amide bonds. The Bertz CT molecular complexity index is 279. The maximum Gasteiger partial charge on any atom is 0.128 e. The van der Waals surface area contributed by atoms with Crippen molar-refractivity contribution in [2.45, 2.75) is 33.1 Å². The van der Waals surface area contributed by atoms with E-state index >= 15 is 0 Å². The molecule has 13 heavy (non-hydrogen) atoms. The van der Waals surface area contributed by atoms with Gasteiger partial charge in [0.1, 0.15) is 5.82 Å². The molecule has 1 aromatic rings. The second-order valence-corrected chi connectivity index (χ2v) is 2.96. The minimum Gasteiger partial charge on any atom is -0.241 e. The molecule has 2 nitrogen and oxygen atoms in total. The Morgan fingerprint density at radius 3 is 2.92 bits per heavy atom. The summed E-state index contributed by atoms with van der Waals surface area (Å²) >= 11 is 0. The number of nitrogens with zero attached hydrogens (tertiary/aromatic N) is 2. The predicted octanol–water partition coefficient (Wildman–Crippen LogP) is 2.85. The van der Waals surface area contributed by atoms with Crippen molar-refractivity contribution in [2.24, 2.45) is 0 Å². The third-order valence-electron chi connectivity index (χ3n) is 1.72. The van der Waals surface area contributed by atoms with E-state index in [1.807, 2.05) is 18.3 Å². The first kappa shape index (κ1) is 9.90. The van der Waals surface area contributed by atoms with E-state index in [-0.39, 0.29) is 0 Å². The molecule has 0 saturated heterocycles. The van der Waals surface area contributed by atoms with E-state index in [0.29, 0.717) is 0 Å². The highest BCUT2D eigenvalue weighted by Gasteiger charge is 1.94. The van der Waals surface area contributed by atoms with Crippen LogP contribution in [0.3, 0.4) is 0 Å². The summed E-state index contributed by atoms with van der Waals surface area (Å²) in [6.45, 7) is 4.25. The van der Waals surface area contributed by atoms with Crippen LogP contribution in [0.4, 0.5) is 0 Å². The van der Waals surface area contributed by atoms with Gasteiger partial charge in [-0.15, -0.1) is 0 Å². The molecule has 0 aliphatic carbocycles. The predicted molar refractivity (Wildman–Crippen MR) is 55.4 cm³/mol. The molecule has 0 spiro atoms. The Morgan fingerprint density at radius 2 is 2.23 bits per heavy atom. The molecule has 0 saturated carbocycles. The fourth-order valence-electron chi connectivity index (χ4n) is 1.09. The van der Waals surface area contributed by atoms with E-state index < -0.39 is 0 Å². The van der Waals surface area contributed by atoms with Crippen molar-refractivity contribution in [3.8, 4) is 0 Å². The molecule has 0 radical (unpaired) electrons. The number of hydrogen-bond donors (Lipinski definition) is 0. The van der Waals surface area contributed by atoms with Gasteiger partial charge in [0.05, 0.1) is 5.69 Å². The highest BCUT2D eigenvalue weighted by molar-refractivity contribution is 5.43. The Kier molecular flexibility index (Phi) is 4.16. The molecule has 0 aliphatic rings. The van der Waals surface area contributed by atoms with Crippen molar-refractivity contribution in [3.05, 3.63) is 29.9 Å². The first-order valence-electron chi connectivity index (χ1n) is 4.85. The Labute approximate surface area is 79.7 Å². The Balaban J connectivity index is 2.73. The molecule has 70 valence electrons. The number of rotatable bonds is 4. The minimum atomic E-state index is 0.945. The second-order valence-electron chi connectivity index (χ2n) is 2.96. The van der Waals surface area contributed by atoms with Crippen LogP contribution in [-0.4, -0.2) is 9.97 Å². The van der Waals surface area contributed by atoms with Gasteiger partial charge in [-0.3, -0.25) is 0 Å². The van der Waals surface area contributed by atoms with Crippen molar-refractivity contribution in [2.75, 3.05) is 0 Å². The SMILES string of the molecule is CC/C=C/c1ccnc(CCC)n1. The van der Waals surface area contributed by atoms with Gasteiger partial charge in [0.2, 0.25) is 0 Å². The summed E-state index contributed by atoms with van der Waals surface area (Å²) in [5, 5.41) is 0. The molecule has 1 aromatic heterocycles. The highest BCUT2D eigenvalue weighted by Crippen LogP contribution is 2.01. The van der Waals surface area contributed by atoms with Crippen LogP contribution in [0.5, 0.6) is 0 Å². The summed E-state index contributed by atoms with van der Waals surface area (Å²) in [4.78, 5) is 8.59. The van der Waals surface area contributed by atoms with Gasteiger partial charge in [-0.25, -0.2) is 9.97 Å². The smallest absolute Gasteiger partial charge is 0.128 e. The van der Waals surface area contributed by atoms with Crippen LogP contribution in [-0.2, 0) is 6.42 Å². The summed E-state index contributed by atoms with van der Waals surface area (Å²) < 4.78 is 0. The molecule has 0 atom stereocenters. The van der Waals surface area contributed by atoms with Gasteiger partial charge < -0.3 is 0 Å². The molecule has 0 aromatic carbocycles. The van der Waals surface area contributed by atoms with Crippen molar-refractivity contribution in [3.63, 3.8) is 0 Å². The quantitative estimate of drug-likeness (QED) is 0.705. The van der Waals surface area contributed by atoms with Crippen LogP contribution >= 0.6 is 0 Å². The zero-order valence-electron chi connectivity index (χ0n) is 8.33. The summed E-state index contributed by atoms with van der Waals surface area (Å²) in [7, 11) is 0. The average Bonchev–Trinajstić information content (AvgIpc) is 2.16. The largest absolute Gasteiger partial charge is 0.241 e. The fourth-order valence-corrected chi connectivity index (χ4v) is 1.09. The lowest BCUT2D eigenvalue weighted by molar-refractivity contribution is 0.831. The normalized spacial score (nSPS) is 10.9. The number of hydrogen-bond acceptors (Lipinski definition) is 2. The maximum atomic E-state index is 4.40. The molecule has 1 rings (SSSR count). The standard InChI is InChI=1S/C11H16N2/c1-3-5-7-10-8-9-12-11(13-10)6-4-2/h5,7-9H,3-4,6H2,1-2H3/b7-5+. The summed E-state index contributed by atoms with van der Waals surface area (Å²) in [6.07, 6.45) is 9.09. The first-order valence-corrected chi connectivity index (χ1v) is 4.85. The van der Waals surface area contributed by atoms with Gasteiger partial charge in [-0.1, -0.05) is 19.9 Å². The third kappa shape index (κ3) is 3.36. The summed E-state index contributed by atoms with van der Waals surface area (Å²) in [6, 6.07) is 1.94. The first-order chi connectivity index (χ1) is 6.36. The molecule has 0 unspecified atom stereocenters. The number of aryl methyl sites for hydroxylation is 1. The van der Waals surface area contributed by atoms with E-state index in [2.05, 4.69) is 29.9 Å². The van der Waals surface area contributed by atoms with Gasteiger partial charge in [-0.05, 0) is 25.0 Å². The van der Waals surface area contributed by atoms with Gasteiger partial charge in [0, 0.05) is 12.6 Å². The van der Waals surface area contributed by atoms with Crippen molar-refractivity contribution in [1.29, 1.82) is 0 Å². The van der Waals surface area contributed by atoms with Crippen LogP contribution < -0.4 is 0 Å². The summed E-state index contributed by atoms with van der Waals surface area (Å²) in [5.74, 6) is 0.945. The van der Waals surface area contributed by atoms with Gasteiger partial charge in [0.15, 0.2) is 0 Å². The molecular weight excluding hydrogens is 160 g/mol. The van der Waals surface area contributed by atoms with Crippen LogP contribution in [0, 0.1) is 0 Å². The van der Waals surface area contributed by atoms with E-state index in [1.165, 1.54) is 0 Å². The lowest BCUT2D eigenvalue weighted by atomic mass is 10.3. The molecular formula is C11H16N2. The molecule has 0 bridgehead atoms. The van der Waals surface area contributed by atoms with Crippen LogP contribution in [0.25, 0.3) is 6.08 Å². The Morgan fingerprint density at radius 1 is 1.38 bits per heavy atom. The molecule has 0 fully saturated rings. The van der Waals surface area contributed by atoms with Crippen molar-refractivity contribution < 1.29 is 0 Å². The molecule has 2 heteroatoms. The van der Waals surface area contributed by atoms with Gasteiger partial charge in [-0.2, -0.15) is 0 Å². The lowest BCUT2D eigenvalue weighted by Crippen LogP contribution is -1.94. The average molecular weight is 176 g/mol.